The summed E-state index contributed by atoms with van der Waals surface area (Å²) >= 11 is 0. The third-order valence-corrected chi connectivity index (χ3v) is 3.93. The zero-order chi connectivity index (χ0) is 14.0. The lowest BCUT2D eigenvalue weighted by atomic mass is 9.91. The summed E-state index contributed by atoms with van der Waals surface area (Å²) in [6, 6.07) is 10.6. The third-order valence-electron chi connectivity index (χ3n) is 3.93. The average Bonchev–Trinajstić information content (AvgIpc) is 2.49. The topological polar surface area (TPSA) is 30.5 Å². The third kappa shape index (κ3) is 5.51. The normalized spacial score (nSPS) is 17.9. The number of ether oxygens (including phenoxy) is 2. The molecule has 1 saturated heterocycles. The molecule has 0 amide bonds. The van der Waals surface area contributed by atoms with Gasteiger partial charge in [0.25, 0.3) is 0 Å². The number of nitrogens with one attached hydrogen (secondary N) is 1. The maximum absolute atomic E-state index is 5.81. The van der Waals surface area contributed by atoms with Gasteiger partial charge in [0.1, 0.15) is 5.75 Å². The highest BCUT2D eigenvalue weighted by atomic mass is 16.5. The summed E-state index contributed by atoms with van der Waals surface area (Å²) in [5.74, 6) is 1.78. The van der Waals surface area contributed by atoms with Crippen molar-refractivity contribution in [3.8, 4) is 5.75 Å². The fourth-order valence-electron chi connectivity index (χ4n) is 2.81. The monoisotopic (exact) mass is 277 g/mol. The van der Waals surface area contributed by atoms with Crippen molar-refractivity contribution in [2.75, 3.05) is 26.4 Å². The van der Waals surface area contributed by atoms with Crippen LogP contribution in [-0.4, -0.2) is 32.4 Å². The molecule has 3 nitrogen and oxygen atoms in total. The fourth-order valence-corrected chi connectivity index (χ4v) is 2.81. The van der Waals surface area contributed by atoms with Crippen molar-refractivity contribution >= 4 is 0 Å². The van der Waals surface area contributed by atoms with Crippen molar-refractivity contribution in [2.45, 2.75) is 38.6 Å². The maximum atomic E-state index is 5.81. The number of para-hydroxylation sites is 1. The fraction of sp³-hybridized carbons (Fsp3) is 0.647. The van der Waals surface area contributed by atoms with Crippen LogP contribution in [-0.2, 0) is 4.74 Å². The van der Waals surface area contributed by atoms with E-state index in [1.165, 1.54) is 19.3 Å². The second-order valence-corrected chi connectivity index (χ2v) is 5.50. The van der Waals surface area contributed by atoms with Crippen molar-refractivity contribution < 1.29 is 9.47 Å². The molecular weight excluding hydrogens is 250 g/mol. The zero-order valence-corrected chi connectivity index (χ0v) is 12.5. The number of hydrogen-bond acceptors (Lipinski definition) is 3. The molecule has 1 aromatic carbocycles. The molecule has 0 aliphatic carbocycles. The lowest BCUT2D eigenvalue weighted by Crippen LogP contribution is -2.34. The van der Waals surface area contributed by atoms with Crippen molar-refractivity contribution in [3.63, 3.8) is 0 Å². The summed E-state index contributed by atoms with van der Waals surface area (Å²) in [5.41, 5.74) is 0. The number of rotatable bonds is 8. The lowest BCUT2D eigenvalue weighted by Gasteiger charge is -2.27. The average molecular weight is 277 g/mol. The molecule has 0 bridgehead atoms. The molecule has 2 rings (SSSR count). The van der Waals surface area contributed by atoms with Gasteiger partial charge >= 0.3 is 0 Å². The van der Waals surface area contributed by atoms with E-state index in [0.717, 1.165) is 44.5 Å². The molecule has 0 radical (unpaired) electrons. The number of benzene rings is 1. The Balaban J connectivity index is 1.71. The lowest BCUT2D eigenvalue weighted by molar-refractivity contribution is 0.0597. The van der Waals surface area contributed by atoms with Crippen LogP contribution >= 0.6 is 0 Å². The molecule has 1 unspecified atom stereocenters. The highest BCUT2D eigenvalue weighted by Crippen LogP contribution is 2.21. The van der Waals surface area contributed by atoms with E-state index in [1.807, 2.05) is 30.3 Å². The molecule has 3 heteroatoms. The van der Waals surface area contributed by atoms with E-state index in [1.54, 1.807) is 0 Å². The van der Waals surface area contributed by atoms with Crippen LogP contribution in [0.15, 0.2) is 30.3 Å². The Morgan fingerprint density at radius 3 is 2.70 bits per heavy atom. The first kappa shape index (κ1) is 15.3. The second kappa shape index (κ2) is 8.98. The number of hydrogen-bond donors (Lipinski definition) is 1. The van der Waals surface area contributed by atoms with Gasteiger partial charge in [-0.2, -0.15) is 0 Å². The van der Waals surface area contributed by atoms with Gasteiger partial charge in [0.05, 0.1) is 6.61 Å². The predicted octanol–water partition coefficient (Wildman–Crippen LogP) is 3.25. The summed E-state index contributed by atoms with van der Waals surface area (Å²) in [4.78, 5) is 0. The molecule has 1 fully saturated rings. The molecule has 1 atom stereocenters. The van der Waals surface area contributed by atoms with Gasteiger partial charge in [-0.25, -0.2) is 0 Å². The van der Waals surface area contributed by atoms with Crippen LogP contribution in [0, 0.1) is 5.92 Å². The van der Waals surface area contributed by atoms with Crippen molar-refractivity contribution in [1.82, 2.24) is 5.32 Å². The highest BCUT2D eigenvalue weighted by Gasteiger charge is 2.18. The highest BCUT2D eigenvalue weighted by molar-refractivity contribution is 5.20. The Bertz CT molecular complexity index is 349. The molecule has 0 spiro atoms. The van der Waals surface area contributed by atoms with E-state index in [0.29, 0.717) is 6.04 Å². The Labute approximate surface area is 122 Å². The van der Waals surface area contributed by atoms with Crippen LogP contribution in [0.4, 0.5) is 0 Å². The van der Waals surface area contributed by atoms with Crippen molar-refractivity contribution in [1.29, 1.82) is 0 Å². The molecule has 1 N–H and O–H groups in total. The molecule has 0 aromatic heterocycles. The van der Waals surface area contributed by atoms with E-state index < -0.39 is 0 Å². The summed E-state index contributed by atoms with van der Waals surface area (Å²) < 4.78 is 11.2. The molecular formula is C17H27NO2. The molecule has 112 valence electrons. The minimum atomic E-state index is 0.562. The molecule has 1 aromatic rings. The molecule has 1 heterocycles. The largest absolute Gasteiger partial charge is 0.494 e. The van der Waals surface area contributed by atoms with E-state index in [2.05, 4.69) is 12.2 Å². The molecule has 1 aliphatic rings. The molecule has 0 saturated carbocycles. The summed E-state index contributed by atoms with van der Waals surface area (Å²) in [6.07, 6.45) is 4.73. The predicted molar refractivity (Wildman–Crippen MR) is 82.2 cm³/mol. The quantitative estimate of drug-likeness (QED) is 0.791. The first-order chi connectivity index (χ1) is 9.88. The molecule has 1 aliphatic heterocycles. The van der Waals surface area contributed by atoms with E-state index in [4.69, 9.17) is 9.47 Å². The van der Waals surface area contributed by atoms with Gasteiger partial charge < -0.3 is 14.8 Å². The Morgan fingerprint density at radius 1 is 1.25 bits per heavy atom. The Morgan fingerprint density at radius 2 is 2.00 bits per heavy atom. The first-order valence-electron chi connectivity index (χ1n) is 7.87. The van der Waals surface area contributed by atoms with E-state index in [-0.39, 0.29) is 0 Å². The van der Waals surface area contributed by atoms with Gasteiger partial charge in [-0.05, 0) is 50.3 Å². The van der Waals surface area contributed by atoms with Crippen LogP contribution < -0.4 is 10.1 Å². The second-order valence-electron chi connectivity index (χ2n) is 5.50. The van der Waals surface area contributed by atoms with Gasteiger partial charge in [0.15, 0.2) is 0 Å². The smallest absolute Gasteiger partial charge is 0.119 e. The summed E-state index contributed by atoms with van der Waals surface area (Å²) in [6.45, 7) is 5.85. The van der Waals surface area contributed by atoms with E-state index >= 15 is 0 Å². The van der Waals surface area contributed by atoms with Crippen LogP contribution in [0.5, 0.6) is 5.75 Å². The van der Waals surface area contributed by atoms with Crippen molar-refractivity contribution in [3.05, 3.63) is 30.3 Å². The summed E-state index contributed by atoms with van der Waals surface area (Å²) in [5, 5.41) is 3.60. The maximum Gasteiger partial charge on any atom is 0.119 e. The molecule has 20 heavy (non-hydrogen) atoms. The summed E-state index contributed by atoms with van der Waals surface area (Å²) in [7, 11) is 0. The Hall–Kier alpha value is -1.06. The van der Waals surface area contributed by atoms with Gasteiger partial charge in [0, 0.05) is 19.3 Å². The Kier molecular flexibility index (Phi) is 6.89. The van der Waals surface area contributed by atoms with Gasteiger partial charge in [-0.1, -0.05) is 25.1 Å². The van der Waals surface area contributed by atoms with Crippen LogP contribution in [0.1, 0.15) is 32.6 Å². The minimum absolute atomic E-state index is 0.562. The zero-order valence-electron chi connectivity index (χ0n) is 12.5. The van der Waals surface area contributed by atoms with Gasteiger partial charge in [0.2, 0.25) is 0 Å². The first-order valence-corrected chi connectivity index (χ1v) is 7.87. The van der Waals surface area contributed by atoms with Crippen molar-refractivity contribution in [2.24, 2.45) is 5.92 Å². The van der Waals surface area contributed by atoms with Crippen LogP contribution in [0.25, 0.3) is 0 Å². The van der Waals surface area contributed by atoms with Gasteiger partial charge in [-0.3, -0.25) is 0 Å². The van der Waals surface area contributed by atoms with Gasteiger partial charge in [-0.15, -0.1) is 0 Å². The van der Waals surface area contributed by atoms with E-state index in [9.17, 15) is 0 Å². The SMILES string of the molecule is CCNC(CCOc1ccccc1)CC1CCOCC1. The van der Waals surface area contributed by atoms with Crippen LogP contribution in [0.2, 0.25) is 0 Å². The minimum Gasteiger partial charge on any atom is -0.494 e. The standard InChI is InChI=1S/C17H27NO2/c1-2-18-16(14-15-8-11-19-12-9-15)10-13-20-17-6-4-3-5-7-17/h3-7,15-16,18H,2,8-14H2,1H3. The van der Waals surface area contributed by atoms with Crippen LogP contribution in [0.3, 0.4) is 0 Å².